The van der Waals surface area contributed by atoms with Crippen molar-refractivity contribution in [3.63, 3.8) is 0 Å². The quantitative estimate of drug-likeness (QED) is 0.353. The van der Waals surface area contributed by atoms with Gasteiger partial charge in [-0.1, -0.05) is 70.6 Å². The van der Waals surface area contributed by atoms with E-state index in [1.165, 1.54) is 62.5 Å². The first-order valence-corrected chi connectivity index (χ1v) is 8.82. The lowest BCUT2D eigenvalue weighted by atomic mass is 9.91. The van der Waals surface area contributed by atoms with Crippen LogP contribution in [0.5, 0.6) is 0 Å². The number of hydrogen-bond acceptors (Lipinski definition) is 1. The molecule has 0 aliphatic carbocycles. The zero-order valence-corrected chi connectivity index (χ0v) is 14.2. The Morgan fingerprint density at radius 1 is 0.810 bits per heavy atom. The van der Waals surface area contributed by atoms with Crippen LogP contribution in [0.4, 0.5) is 0 Å². The summed E-state index contributed by atoms with van der Waals surface area (Å²) in [6.07, 6.45) is 12.2. The van der Waals surface area contributed by atoms with E-state index in [4.69, 9.17) is 0 Å². The van der Waals surface area contributed by atoms with E-state index in [0.29, 0.717) is 0 Å². The smallest absolute Gasteiger partial charge is 0.160 e. The number of unbranched alkanes of at least 4 members (excludes halogenated alkanes) is 6. The summed E-state index contributed by atoms with van der Waals surface area (Å²) in [6.45, 7) is 6.19. The van der Waals surface area contributed by atoms with E-state index in [1.54, 1.807) is 6.92 Å². The first-order valence-electron chi connectivity index (χ1n) is 8.82. The van der Waals surface area contributed by atoms with Crippen molar-refractivity contribution < 1.29 is 4.79 Å². The summed E-state index contributed by atoms with van der Waals surface area (Å²) in [5.74, 6) is 0.242. The van der Waals surface area contributed by atoms with Crippen molar-refractivity contribution in [2.75, 3.05) is 0 Å². The molecule has 0 atom stereocenters. The fraction of sp³-hybridized carbons (Fsp3) is 0.650. The summed E-state index contributed by atoms with van der Waals surface area (Å²) in [7, 11) is 0. The Balaban J connectivity index is 2.71. The van der Waals surface area contributed by atoms with E-state index >= 15 is 0 Å². The van der Waals surface area contributed by atoms with Gasteiger partial charge in [-0.2, -0.15) is 0 Å². The van der Waals surface area contributed by atoms with Crippen LogP contribution in [-0.4, -0.2) is 5.78 Å². The average molecular weight is 288 g/mol. The van der Waals surface area contributed by atoms with Crippen LogP contribution in [0.25, 0.3) is 0 Å². The van der Waals surface area contributed by atoms with Gasteiger partial charge in [-0.3, -0.25) is 4.79 Å². The highest BCUT2D eigenvalue weighted by Crippen LogP contribution is 2.21. The Morgan fingerprint density at radius 3 is 1.67 bits per heavy atom. The third kappa shape index (κ3) is 6.46. The normalized spacial score (nSPS) is 10.8. The van der Waals surface area contributed by atoms with Crippen LogP contribution in [0.3, 0.4) is 0 Å². The fourth-order valence-electron chi connectivity index (χ4n) is 3.01. The lowest BCUT2D eigenvalue weighted by molar-refractivity contribution is 0.101. The van der Waals surface area contributed by atoms with Crippen LogP contribution in [0.2, 0.25) is 0 Å². The number of carbonyl (C=O) groups excluding carboxylic acids is 1. The predicted molar refractivity (Wildman–Crippen MR) is 92.1 cm³/mol. The van der Waals surface area contributed by atoms with E-state index in [1.807, 2.05) is 0 Å². The second kappa shape index (κ2) is 10.6. The number of benzene rings is 1. The largest absolute Gasteiger partial charge is 0.294 e. The number of ketones is 1. The molecule has 0 aliphatic rings. The lowest BCUT2D eigenvalue weighted by Gasteiger charge is -2.13. The minimum atomic E-state index is 0.242. The van der Waals surface area contributed by atoms with Gasteiger partial charge in [0.25, 0.3) is 0 Å². The van der Waals surface area contributed by atoms with Gasteiger partial charge in [-0.05, 0) is 43.7 Å². The zero-order valence-electron chi connectivity index (χ0n) is 14.2. The van der Waals surface area contributed by atoms with Gasteiger partial charge < -0.3 is 0 Å². The molecule has 0 radical (unpaired) electrons. The maximum absolute atomic E-state index is 12.1. The Labute approximate surface area is 131 Å². The Morgan fingerprint density at radius 2 is 1.29 bits per heavy atom. The first kappa shape index (κ1) is 17.9. The zero-order chi connectivity index (χ0) is 15.5. The highest BCUT2D eigenvalue weighted by Gasteiger charge is 2.12. The minimum absolute atomic E-state index is 0.242. The molecule has 0 aromatic heterocycles. The number of rotatable bonds is 11. The molecule has 118 valence electrons. The molecule has 0 N–H and O–H groups in total. The molecule has 1 aromatic rings. The number of carbonyl (C=O) groups is 1. The molecule has 0 aliphatic heterocycles. The second-order valence-corrected chi connectivity index (χ2v) is 6.13. The third-order valence-electron chi connectivity index (χ3n) is 4.19. The van der Waals surface area contributed by atoms with Gasteiger partial charge in [0.2, 0.25) is 0 Å². The van der Waals surface area contributed by atoms with Gasteiger partial charge in [0.1, 0.15) is 0 Å². The Kier molecular flexibility index (Phi) is 9.05. The van der Waals surface area contributed by atoms with Gasteiger partial charge in [-0.25, -0.2) is 0 Å². The van der Waals surface area contributed by atoms with Crippen LogP contribution in [0.1, 0.15) is 93.6 Å². The lowest BCUT2D eigenvalue weighted by Crippen LogP contribution is -2.05. The van der Waals surface area contributed by atoms with Crippen molar-refractivity contribution >= 4 is 5.78 Å². The van der Waals surface area contributed by atoms with Crippen LogP contribution >= 0.6 is 0 Å². The van der Waals surface area contributed by atoms with Crippen molar-refractivity contribution in [1.29, 1.82) is 0 Å². The molecule has 1 rings (SSSR count). The number of Topliss-reactive ketones (excluding diaryl/α,β-unsaturated/α-hetero) is 1. The molecule has 0 saturated heterocycles. The molecule has 0 amide bonds. The number of hydrogen-bond donors (Lipinski definition) is 0. The van der Waals surface area contributed by atoms with Crippen molar-refractivity contribution in [2.24, 2.45) is 0 Å². The topological polar surface area (TPSA) is 17.1 Å². The molecule has 1 heteroatoms. The highest BCUT2D eigenvalue weighted by molar-refractivity contribution is 5.97. The molecular formula is C20H32O. The molecule has 1 nitrogen and oxygen atoms in total. The summed E-state index contributed by atoms with van der Waals surface area (Å²) < 4.78 is 0. The summed E-state index contributed by atoms with van der Waals surface area (Å²) in [4.78, 5) is 12.1. The van der Waals surface area contributed by atoms with Crippen molar-refractivity contribution in [2.45, 2.75) is 85.0 Å². The number of aryl methyl sites for hydroxylation is 2. The Bertz CT molecular complexity index is 390. The fourth-order valence-corrected chi connectivity index (χ4v) is 3.01. The standard InChI is InChI=1S/C20H32O/c1-4-6-8-10-13-18-15-12-16-19(20(18)17(3)21)14-11-9-7-5-2/h12,15-16H,4-11,13-14H2,1-3H3. The predicted octanol–water partition coefficient (Wildman–Crippen LogP) is 6.13. The van der Waals surface area contributed by atoms with Gasteiger partial charge in [-0.15, -0.1) is 0 Å². The van der Waals surface area contributed by atoms with Crippen molar-refractivity contribution in [1.82, 2.24) is 0 Å². The summed E-state index contributed by atoms with van der Waals surface area (Å²) in [5, 5.41) is 0. The molecule has 21 heavy (non-hydrogen) atoms. The van der Waals surface area contributed by atoms with E-state index in [2.05, 4.69) is 32.0 Å². The van der Waals surface area contributed by atoms with E-state index in [-0.39, 0.29) is 5.78 Å². The van der Waals surface area contributed by atoms with Crippen molar-refractivity contribution in [3.8, 4) is 0 Å². The van der Waals surface area contributed by atoms with Crippen molar-refractivity contribution in [3.05, 3.63) is 34.9 Å². The first-order chi connectivity index (χ1) is 10.2. The summed E-state index contributed by atoms with van der Waals surface area (Å²) in [6, 6.07) is 6.44. The van der Waals surface area contributed by atoms with Crippen LogP contribution in [-0.2, 0) is 12.8 Å². The summed E-state index contributed by atoms with van der Waals surface area (Å²) in [5.41, 5.74) is 3.56. The van der Waals surface area contributed by atoms with E-state index < -0.39 is 0 Å². The maximum Gasteiger partial charge on any atom is 0.160 e. The second-order valence-electron chi connectivity index (χ2n) is 6.13. The van der Waals surface area contributed by atoms with Crippen LogP contribution in [0, 0.1) is 0 Å². The summed E-state index contributed by atoms with van der Waals surface area (Å²) >= 11 is 0. The highest BCUT2D eigenvalue weighted by atomic mass is 16.1. The Hall–Kier alpha value is -1.11. The molecule has 0 heterocycles. The molecule has 0 fully saturated rings. The van der Waals surface area contributed by atoms with Crippen LogP contribution < -0.4 is 0 Å². The SMILES string of the molecule is CCCCCCc1cccc(CCCCCC)c1C(C)=O. The minimum Gasteiger partial charge on any atom is -0.294 e. The molecular weight excluding hydrogens is 256 g/mol. The molecule has 0 bridgehead atoms. The molecule has 1 aromatic carbocycles. The molecule has 0 unspecified atom stereocenters. The molecule has 0 saturated carbocycles. The average Bonchev–Trinajstić information content (AvgIpc) is 2.48. The van der Waals surface area contributed by atoms with Gasteiger partial charge in [0.05, 0.1) is 0 Å². The third-order valence-corrected chi connectivity index (χ3v) is 4.19. The monoisotopic (exact) mass is 288 g/mol. The maximum atomic E-state index is 12.1. The van der Waals surface area contributed by atoms with E-state index in [0.717, 1.165) is 18.4 Å². The van der Waals surface area contributed by atoms with Gasteiger partial charge in [0.15, 0.2) is 5.78 Å². The van der Waals surface area contributed by atoms with Crippen LogP contribution in [0.15, 0.2) is 18.2 Å². The van der Waals surface area contributed by atoms with Gasteiger partial charge in [0, 0.05) is 5.56 Å². The van der Waals surface area contributed by atoms with E-state index in [9.17, 15) is 4.79 Å². The molecule has 0 spiro atoms. The van der Waals surface area contributed by atoms with Gasteiger partial charge >= 0.3 is 0 Å².